The number of ether oxygens (including phenoxy) is 2. The minimum atomic E-state index is -0.551. The molecule has 0 aromatic heterocycles. The van der Waals surface area contributed by atoms with Crippen molar-refractivity contribution < 1.29 is 18.3 Å². The van der Waals surface area contributed by atoms with Crippen LogP contribution >= 0.6 is 11.6 Å². The molecular weight excluding hydrogens is 382 g/mol. The van der Waals surface area contributed by atoms with Crippen LogP contribution in [0.4, 0.5) is 8.78 Å². The van der Waals surface area contributed by atoms with E-state index in [2.05, 4.69) is 6.92 Å². The average Bonchev–Trinajstić information content (AvgIpc) is 2.70. The van der Waals surface area contributed by atoms with Crippen LogP contribution in [0.15, 0.2) is 36.4 Å². The second-order valence-electron chi connectivity index (χ2n) is 7.91. The Labute approximate surface area is 169 Å². The highest BCUT2D eigenvalue weighted by molar-refractivity contribution is 6.30. The van der Waals surface area contributed by atoms with E-state index >= 15 is 4.39 Å². The lowest BCUT2D eigenvalue weighted by Gasteiger charge is -2.51. The van der Waals surface area contributed by atoms with Crippen molar-refractivity contribution in [3.05, 3.63) is 64.2 Å². The molecule has 150 valence electrons. The SMILES string of the molecule is CCCO[C@@H]1CCC[C@@]2(Cc3ccc(Cl)cc3)c3c(F)ccc(F)c3OC[C@@H]12. The first-order valence-electron chi connectivity index (χ1n) is 10.0. The minimum Gasteiger partial charge on any atom is -0.490 e. The Morgan fingerprint density at radius 2 is 1.89 bits per heavy atom. The zero-order chi connectivity index (χ0) is 19.7. The van der Waals surface area contributed by atoms with E-state index in [-0.39, 0.29) is 17.8 Å². The summed E-state index contributed by atoms with van der Waals surface area (Å²) in [5.74, 6) is -0.846. The summed E-state index contributed by atoms with van der Waals surface area (Å²) in [5.41, 5.74) is 0.884. The van der Waals surface area contributed by atoms with Gasteiger partial charge in [0.05, 0.1) is 12.7 Å². The maximum absolute atomic E-state index is 15.1. The molecule has 0 spiro atoms. The third kappa shape index (κ3) is 3.42. The van der Waals surface area contributed by atoms with Crippen LogP contribution in [0.2, 0.25) is 5.02 Å². The Hall–Kier alpha value is -1.65. The van der Waals surface area contributed by atoms with Crippen molar-refractivity contribution in [1.29, 1.82) is 0 Å². The van der Waals surface area contributed by atoms with Gasteiger partial charge >= 0.3 is 0 Å². The number of halogens is 3. The third-order valence-corrected chi connectivity index (χ3v) is 6.45. The lowest BCUT2D eigenvalue weighted by atomic mass is 9.58. The summed E-state index contributed by atoms with van der Waals surface area (Å²) in [6.07, 6.45) is 4.13. The predicted molar refractivity (Wildman–Crippen MR) is 106 cm³/mol. The van der Waals surface area contributed by atoms with E-state index < -0.39 is 17.0 Å². The van der Waals surface area contributed by atoms with Crippen molar-refractivity contribution in [2.45, 2.75) is 50.5 Å². The van der Waals surface area contributed by atoms with E-state index in [4.69, 9.17) is 21.1 Å². The summed E-state index contributed by atoms with van der Waals surface area (Å²) >= 11 is 6.05. The molecule has 1 fully saturated rings. The number of fused-ring (bicyclic) bond motifs is 3. The first-order valence-corrected chi connectivity index (χ1v) is 10.4. The zero-order valence-electron chi connectivity index (χ0n) is 16.0. The van der Waals surface area contributed by atoms with Crippen LogP contribution in [0.5, 0.6) is 5.75 Å². The quantitative estimate of drug-likeness (QED) is 0.598. The molecule has 0 bridgehead atoms. The fourth-order valence-electron chi connectivity index (χ4n) is 4.99. The highest BCUT2D eigenvalue weighted by Crippen LogP contribution is 2.54. The van der Waals surface area contributed by atoms with Crippen LogP contribution in [-0.2, 0) is 16.6 Å². The third-order valence-electron chi connectivity index (χ3n) is 6.20. The van der Waals surface area contributed by atoms with Gasteiger partial charge in [-0.05, 0) is 61.9 Å². The van der Waals surface area contributed by atoms with E-state index in [1.165, 1.54) is 6.07 Å². The number of hydrogen-bond donors (Lipinski definition) is 0. The van der Waals surface area contributed by atoms with Gasteiger partial charge in [0.25, 0.3) is 0 Å². The number of benzene rings is 2. The molecule has 1 aliphatic heterocycles. The molecule has 1 heterocycles. The molecule has 0 radical (unpaired) electrons. The monoisotopic (exact) mass is 406 g/mol. The molecule has 1 aliphatic carbocycles. The molecule has 2 aromatic rings. The van der Waals surface area contributed by atoms with Gasteiger partial charge in [0.15, 0.2) is 11.6 Å². The van der Waals surface area contributed by atoms with Crippen molar-refractivity contribution in [2.75, 3.05) is 13.2 Å². The molecule has 5 heteroatoms. The van der Waals surface area contributed by atoms with Crippen molar-refractivity contribution >= 4 is 11.6 Å². The van der Waals surface area contributed by atoms with Crippen LogP contribution < -0.4 is 4.74 Å². The van der Waals surface area contributed by atoms with Crippen LogP contribution in [0.3, 0.4) is 0 Å². The maximum atomic E-state index is 15.1. The van der Waals surface area contributed by atoms with Gasteiger partial charge in [0.2, 0.25) is 0 Å². The van der Waals surface area contributed by atoms with Gasteiger partial charge in [0.1, 0.15) is 5.82 Å². The molecule has 0 saturated heterocycles. The fraction of sp³-hybridized carbons (Fsp3) is 0.478. The molecule has 2 nitrogen and oxygen atoms in total. The van der Waals surface area contributed by atoms with Gasteiger partial charge in [-0.2, -0.15) is 0 Å². The van der Waals surface area contributed by atoms with E-state index in [1.807, 2.05) is 24.3 Å². The predicted octanol–water partition coefficient (Wildman–Crippen LogP) is 6.09. The fourth-order valence-corrected chi connectivity index (χ4v) is 5.12. The Morgan fingerprint density at radius 3 is 2.64 bits per heavy atom. The largest absolute Gasteiger partial charge is 0.490 e. The molecule has 0 N–H and O–H groups in total. The van der Waals surface area contributed by atoms with Gasteiger partial charge < -0.3 is 9.47 Å². The van der Waals surface area contributed by atoms with Crippen LogP contribution in [0.1, 0.15) is 43.7 Å². The second kappa shape index (κ2) is 8.00. The van der Waals surface area contributed by atoms with E-state index in [9.17, 15) is 4.39 Å². The molecule has 2 aliphatic rings. The maximum Gasteiger partial charge on any atom is 0.165 e. The van der Waals surface area contributed by atoms with Crippen LogP contribution in [0, 0.1) is 17.6 Å². The summed E-state index contributed by atoms with van der Waals surface area (Å²) < 4.78 is 41.6. The first-order chi connectivity index (χ1) is 13.5. The second-order valence-corrected chi connectivity index (χ2v) is 8.35. The van der Waals surface area contributed by atoms with Crippen molar-refractivity contribution in [3.63, 3.8) is 0 Å². The van der Waals surface area contributed by atoms with E-state index in [0.29, 0.717) is 30.2 Å². The summed E-state index contributed by atoms with van der Waals surface area (Å²) in [4.78, 5) is 0. The van der Waals surface area contributed by atoms with Crippen LogP contribution in [-0.4, -0.2) is 19.3 Å². The number of rotatable bonds is 5. The summed E-state index contributed by atoms with van der Waals surface area (Å²) in [6.45, 7) is 3.08. The Bertz CT molecular complexity index is 839. The molecule has 0 unspecified atom stereocenters. The van der Waals surface area contributed by atoms with Crippen LogP contribution in [0.25, 0.3) is 0 Å². The topological polar surface area (TPSA) is 18.5 Å². The molecular formula is C23H25ClF2O2. The molecule has 4 rings (SSSR count). The highest BCUT2D eigenvalue weighted by atomic mass is 35.5. The van der Waals surface area contributed by atoms with Gasteiger partial charge in [0, 0.05) is 28.5 Å². The van der Waals surface area contributed by atoms with Crippen molar-refractivity contribution in [2.24, 2.45) is 5.92 Å². The first kappa shape index (κ1) is 19.7. The van der Waals surface area contributed by atoms with Crippen molar-refractivity contribution in [1.82, 2.24) is 0 Å². The molecule has 2 aromatic carbocycles. The normalized spacial score (nSPS) is 26.3. The van der Waals surface area contributed by atoms with Gasteiger partial charge in [-0.15, -0.1) is 0 Å². The lowest BCUT2D eigenvalue weighted by Crippen LogP contribution is -2.53. The Balaban J connectivity index is 1.82. The molecule has 0 amide bonds. The molecule has 28 heavy (non-hydrogen) atoms. The number of hydrogen-bond acceptors (Lipinski definition) is 2. The Kier molecular flexibility index (Phi) is 5.62. The van der Waals surface area contributed by atoms with Gasteiger partial charge in [-0.25, -0.2) is 8.78 Å². The molecule has 3 atom stereocenters. The van der Waals surface area contributed by atoms with Crippen molar-refractivity contribution in [3.8, 4) is 5.75 Å². The summed E-state index contributed by atoms with van der Waals surface area (Å²) in [5, 5.41) is 0.662. The zero-order valence-corrected chi connectivity index (χ0v) is 16.8. The average molecular weight is 407 g/mol. The van der Waals surface area contributed by atoms with Gasteiger partial charge in [-0.1, -0.05) is 30.7 Å². The summed E-state index contributed by atoms with van der Waals surface area (Å²) in [7, 11) is 0. The van der Waals surface area contributed by atoms with E-state index in [1.54, 1.807) is 0 Å². The molecule has 1 saturated carbocycles. The lowest BCUT2D eigenvalue weighted by molar-refractivity contribution is -0.0710. The van der Waals surface area contributed by atoms with E-state index in [0.717, 1.165) is 37.3 Å². The summed E-state index contributed by atoms with van der Waals surface area (Å²) in [6, 6.07) is 10.0. The van der Waals surface area contributed by atoms with Gasteiger partial charge in [-0.3, -0.25) is 0 Å². The Morgan fingerprint density at radius 1 is 1.14 bits per heavy atom. The minimum absolute atomic E-state index is 0.0168. The highest BCUT2D eigenvalue weighted by Gasteiger charge is 2.53. The smallest absolute Gasteiger partial charge is 0.165 e. The standard InChI is InChI=1S/C23H25ClF2O2/c1-2-12-27-20-4-3-11-23(13-15-5-7-16(24)8-6-15)17(20)14-28-22-19(26)10-9-18(25)21(22)23/h5-10,17,20H,2-4,11-14H2,1H3/t17-,20+,23-/m0/s1.